The molecule has 1 fully saturated rings. The number of nitrogens with zero attached hydrogens (tertiary/aromatic N) is 1. The molecule has 1 rings (SSSR count). The van der Waals surface area contributed by atoms with Gasteiger partial charge in [0.2, 0.25) is 0 Å². The number of ether oxygens (including phenoxy) is 1. The lowest BCUT2D eigenvalue weighted by Crippen LogP contribution is -2.40. The summed E-state index contributed by atoms with van der Waals surface area (Å²) in [7, 11) is 0. The minimum Gasteiger partial charge on any atom is -0.444 e. The summed E-state index contributed by atoms with van der Waals surface area (Å²) in [5.74, 6) is 0. The van der Waals surface area contributed by atoms with E-state index >= 15 is 0 Å². The van der Waals surface area contributed by atoms with Crippen molar-refractivity contribution in [1.82, 2.24) is 4.90 Å². The van der Waals surface area contributed by atoms with Gasteiger partial charge in [0, 0.05) is 6.54 Å². The highest BCUT2D eigenvalue weighted by atomic mass is 19.1. The number of hydrogen-bond donors (Lipinski definition) is 1. The maximum absolute atomic E-state index is 12.4. The SMILES string of the molecule is CC(C)(C)OC(=O)N1CCC(O)(CF)C1. The predicted molar refractivity (Wildman–Crippen MR) is 53.3 cm³/mol. The minimum absolute atomic E-state index is 0.0123. The lowest BCUT2D eigenvalue weighted by molar-refractivity contribution is 0.00650. The van der Waals surface area contributed by atoms with E-state index in [-0.39, 0.29) is 13.0 Å². The van der Waals surface area contributed by atoms with Gasteiger partial charge in [0.25, 0.3) is 0 Å². The van der Waals surface area contributed by atoms with Crippen LogP contribution in [-0.2, 0) is 4.74 Å². The first-order valence-corrected chi connectivity index (χ1v) is 5.02. The number of likely N-dealkylation sites (tertiary alicyclic amines) is 1. The van der Waals surface area contributed by atoms with E-state index in [4.69, 9.17) is 4.74 Å². The normalized spacial score (nSPS) is 26.9. The van der Waals surface area contributed by atoms with Crippen molar-refractivity contribution in [3.63, 3.8) is 0 Å². The molecule has 1 saturated heterocycles. The van der Waals surface area contributed by atoms with Crippen LogP contribution in [0.2, 0.25) is 0 Å². The fraction of sp³-hybridized carbons (Fsp3) is 0.900. The molecule has 1 unspecified atom stereocenters. The summed E-state index contributed by atoms with van der Waals surface area (Å²) in [4.78, 5) is 12.9. The molecule has 0 saturated carbocycles. The number of carbonyl (C=O) groups is 1. The number of alkyl halides is 1. The first-order chi connectivity index (χ1) is 6.76. The number of halogens is 1. The van der Waals surface area contributed by atoms with E-state index in [9.17, 15) is 14.3 Å². The fourth-order valence-electron chi connectivity index (χ4n) is 1.45. The van der Waals surface area contributed by atoms with Crippen molar-refractivity contribution in [2.45, 2.75) is 38.4 Å². The van der Waals surface area contributed by atoms with Crippen LogP contribution in [0.3, 0.4) is 0 Å². The van der Waals surface area contributed by atoms with Gasteiger partial charge in [-0.1, -0.05) is 0 Å². The number of aliphatic hydroxyl groups is 1. The van der Waals surface area contributed by atoms with Gasteiger partial charge in [-0.05, 0) is 27.2 Å². The van der Waals surface area contributed by atoms with Gasteiger partial charge in [-0.15, -0.1) is 0 Å². The zero-order valence-electron chi connectivity index (χ0n) is 9.42. The Kier molecular flexibility index (Phi) is 3.23. The Bertz CT molecular complexity index is 252. The Hall–Kier alpha value is -0.840. The number of β-amino-alcohol motifs (C(OH)–C–C–N with tert-alkyl or cyclic N) is 1. The second-order valence-electron chi connectivity index (χ2n) is 5.01. The smallest absolute Gasteiger partial charge is 0.410 e. The maximum Gasteiger partial charge on any atom is 0.410 e. The van der Waals surface area contributed by atoms with E-state index in [2.05, 4.69) is 0 Å². The van der Waals surface area contributed by atoms with Gasteiger partial charge < -0.3 is 14.7 Å². The molecule has 1 atom stereocenters. The minimum atomic E-state index is -1.38. The van der Waals surface area contributed by atoms with Crippen molar-refractivity contribution in [2.75, 3.05) is 19.8 Å². The van der Waals surface area contributed by atoms with Crippen molar-refractivity contribution >= 4 is 6.09 Å². The molecule has 0 spiro atoms. The molecule has 15 heavy (non-hydrogen) atoms. The Morgan fingerprint density at radius 3 is 2.60 bits per heavy atom. The van der Waals surface area contributed by atoms with Crippen LogP contribution >= 0.6 is 0 Å². The van der Waals surface area contributed by atoms with Gasteiger partial charge in [0.15, 0.2) is 0 Å². The van der Waals surface area contributed by atoms with Crippen molar-refractivity contribution in [3.05, 3.63) is 0 Å². The standard InChI is InChI=1S/C10H18FNO3/c1-9(2,3)15-8(13)12-5-4-10(14,6-11)7-12/h14H,4-7H2,1-3H3. The third kappa shape index (κ3) is 3.34. The second-order valence-corrected chi connectivity index (χ2v) is 5.01. The topological polar surface area (TPSA) is 49.8 Å². The Morgan fingerprint density at radius 2 is 2.20 bits per heavy atom. The molecule has 0 aromatic carbocycles. The molecule has 1 heterocycles. The number of carbonyl (C=O) groups excluding carboxylic acids is 1. The highest BCUT2D eigenvalue weighted by Gasteiger charge is 2.39. The summed E-state index contributed by atoms with van der Waals surface area (Å²) in [5.41, 5.74) is -1.94. The molecule has 88 valence electrons. The number of hydrogen-bond acceptors (Lipinski definition) is 3. The van der Waals surface area contributed by atoms with Gasteiger partial charge in [-0.25, -0.2) is 9.18 Å². The van der Waals surface area contributed by atoms with Gasteiger partial charge in [-0.2, -0.15) is 0 Å². The van der Waals surface area contributed by atoms with Crippen molar-refractivity contribution < 1.29 is 19.0 Å². The predicted octanol–water partition coefficient (Wildman–Crippen LogP) is 1.33. The monoisotopic (exact) mass is 219 g/mol. The molecule has 0 radical (unpaired) electrons. The highest BCUT2D eigenvalue weighted by molar-refractivity contribution is 5.68. The van der Waals surface area contributed by atoms with Gasteiger partial charge >= 0.3 is 6.09 Å². The molecule has 0 bridgehead atoms. The van der Waals surface area contributed by atoms with E-state index in [1.165, 1.54) is 4.90 Å². The van der Waals surface area contributed by atoms with Crippen LogP contribution in [0.25, 0.3) is 0 Å². The molecule has 0 aromatic heterocycles. The first kappa shape index (κ1) is 12.2. The number of rotatable bonds is 1. The molecular formula is C10H18FNO3. The Labute approximate surface area is 89.0 Å². The molecular weight excluding hydrogens is 201 g/mol. The van der Waals surface area contributed by atoms with Crippen molar-refractivity contribution in [3.8, 4) is 0 Å². The van der Waals surface area contributed by atoms with Crippen LogP contribution in [0, 0.1) is 0 Å². The van der Waals surface area contributed by atoms with Gasteiger partial charge in [0.05, 0.1) is 6.54 Å². The summed E-state index contributed by atoms with van der Waals surface area (Å²) in [6.45, 7) is 4.83. The quantitative estimate of drug-likeness (QED) is 0.723. The summed E-state index contributed by atoms with van der Waals surface area (Å²) < 4.78 is 17.5. The van der Waals surface area contributed by atoms with Crippen LogP contribution in [0.5, 0.6) is 0 Å². The number of amides is 1. The molecule has 1 N–H and O–H groups in total. The second kappa shape index (κ2) is 3.96. The van der Waals surface area contributed by atoms with Gasteiger partial charge in [-0.3, -0.25) is 0 Å². The van der Waals surface area contributed by atoms with Crippen LogP contribution in [0.4, 0.5) is 9.18 Å². The first-order valence-electron chi connectivity index (χ1n) is 5.02. The highest BCUT2D eigenvalue weighted by Crippen LogP contribution is 2.23. The Morgan fingerprint density at radius 1 is 1.60 bits per heavy atom. The lowest BCUT2D eigenvalue weighted by atomic mass is 10.1. The summed E-state index contributed by atoms with van der Waals surface area (Å²) in [6.07, 6.45) is -0.227. The Balaban J connectivity index is 2.51. The summed E-state index contributed by atoms with van der Waals surface area (Å²) in [5, 5.41) is 9.59. The van der Waals surface area contributed by atoms with Crippen LogP contribution in [0.15, 0.2) is 0 Å². The third-order valence-electron chi connectivity index (χ3n) is 2.23. The van der Waals surface area contributed by atoms with E-state index in [0.29, 0.717) is 6.54 Å². The average Bonchev–Trinajstić information content (AvgIpc) is 2.46. The zero-order valence-corrected chi connectivity index (χ0v) is 9.42. The van der Waals surface area contributed by atoms with E-state index < -0.39 is 24.0 Å². The molecule has 4 nitrogen and oxygen atoms in total. The van der Waals surface area contributed by atoms with E-state index in [1.807, 2.05) is 0 Å². The average molecular weight is 219 g/mol. The van der Waals surface area contributed by atoms with E-state index in [0.717, 1.165) is 0 Å². The molecule has 1 aliphatic heterocycles. The molecule has 0 aromatic rings. The largest absolute Gasteiger partial charge is 0.444 e. The van der Waals surface area contributed by atoms with Crippen LogP contribution in [0.1, 0.15) is 27.2 Å². The molecule has 5 heteroatoms. The summed E-state index contributed by atoms with van der Waals surface area (Å²) in [6, 6.07) is 0. The van der Waals surface area contributed by atoms with Crippen LogP contribution in [-0.4, -0.2) is 47.1 Å². The van der Waals surface area contributed by atoms with Crippen molar-refractivity contribution in [2.24, 2.45) is 0 Å². The fourth-order valence-corrected chi connectivity index (χ4v) is 1.45. The molecule has 1 aliphatic rings. The summed E-state index contributed by atoms with van der Waals surface area (Å²) >= 11 is 0. The molecule has 1 amide bonds. The van der Waals surface area contributed by atoms with Crippen molar-refractivity contribution in [1.29, 1.82) is 0 Å². The third-order valence-corrected chi connectivity index (χ3v) is 2.23. The molecule has 0 aliphatic carbocycles. The van der Waals surface area contributed by atoms with Crippen LogP contribution < -0.4 is 0 Å². The maximum atomic E-state index is 12.4. The van der Waals surface area contributed by atoms with E-state index in [1.54, 1.807) is 20.8 Å². The van der Waals surface area contributed by atoms with Gasteiger partial charge in [0.1, 0.15) is 17.9 Å². The lowest BCUT2D eigenvalue weighted by Gasteiger charge is -2.25. The zero-order chi connectivity index (χ0) is 11.7.